The van der Waals surface area contributed by atoms with E-state index in [0.717, 1.165) is 22.6 Å². The summed E-state index contributed by atoms with van der Waals surface area (Å²) in [6.45, 7) is 6.88. The van der Waals surface area contributed by atoms with E-state index in [0.29, 0.717) is 12.6 Å². The van der Waals surface area contributed by atoms with E-state index >= 15 is 0 Å². The topological polar surface area (TPSA) is 60.0 Å². The summed E-state index contributed by atoms with van der Waals surface area (Å²) in [6, 6.07) is 2.33. The molecule has 0 bridgehead atoms. The molecule has 3 rings (SSSR count). The van der Waals surface area contributed by atoms with Gasteiger partial charge in [-0.05, 0) is 20.8 Å². The van der Waals surface area contributed by atoms with Crippen LogP contribution in [0.4, 0.5) is 5.69 Å². The Bertz CT molecular complexity index is 724. The number of hydrogen-bond donors (Lipinski definition) is 1. The molecule has 3 aromatic heterocycles. The van der Waals surface area contributed by atoms with Crippen molar-refractivity contribution in [3.8, 4) is 0 Å². The summed E-state index contributed by atoms with van der Waals surface area (Å²) in [4.78, 5) is 4.39. The molecule has 0 aliphatic rings. The zero-order valence-corrected chi connectivity index (χ0v) is 11.9. The van der Waals surface area contributed by atoms with Crippen LogP contribution in [0.15, 0.2) is 30.9 Å². The molecule has 0 aliphatic carbocycles. The van der Waals surface area contributed by atoms with Crippen LogP contribution in [-0.2, 0) is 6.54 Å². The molecule has 0 spiro atoms. The average molecular weight is 270 g/mol. The second-order valence-corrected chi connectivity index (χ2v) is 5.21. The fourth-order valence-corrected chi connectivity index (χ4v) is 2.04. The highest BCUT2D eigenvalue weighted by Crippen LogP contribution is 2.12. The lowest BCUT2D eigenvalue weighted by Gasteiger charge is -2.05. The van der Waals surface area contributed by atoms with Crippen molar-refractivity contribution in [2.75, 3.05) is 5.32 Å². The number of nitrogens with one attached hydrogen (secondary N) is 1. The monoisotopic (exact) mass is 270 g/mol. The highest BCUT2D eigenvalue weighted by molar-refractivity contribution is 5.41. The second kappa shape index (κ2) is 4.96. The lowest BCUT2D eigenvalue weighted by atomic mass is 10.3. The summed E-state index contributed by atoms with van der Waals surface area (Å²) in [7, 11) is 0. The fraction of sp³-hybridized carbons (Fsp3) is 0.357. The predicted molar refractivity (Wildman–Crippen MR) is 77.7 cm³/mol. The van der Waals surface area contributed by atoms with Crippen LogP contribution in [0.5, 0.6) is 0 Å². The van der Waals surface area contributed by atoms with Gasteiger partial charge in [0.15, 0.2) is 5.65 Å². The van der Waals surface area contributed by atoms with Gasteiger partial charge in [-0.15, -0.1) is 0 Å². The molecule has 20 heavy (non-hydrogen) atoms. The third-order valence-corrected chi connectivity index (χ3v) is 3.12. The average Bonchev–Trinajstić information content (AvgIpc) is 3.00. The van der Waals surface area contributed by atoms with E-state index in [4.69, 9.17) is 0 Å². The van der Waals surface area contributed by atoms with Crippen LogP contribution < -0.4 is 5.32 Å². The van der Waals surface area contributed by atoms with Crippen molar-refractivity contribution in [3.63, 3.8) is 0 Å². The van der Waals surface area contributed by atoms with E-state index in [2.05, 4.69) is 34.3 Å². The largest absolute Gasteiger partial charge is 0.378 e. The quantitative estimate of drug-likeness (QED) is 0.791. The number of rotatable bonds is 4. The second-order valence-electron chi connectivity index (χ2n) is 5.21. The van der Waals surface area contributed by atoms with E-state index in [9.17, 15) is 0 Å². The Morgan fingerprint density at radius 3 is 2.85 bits per heavy atom. The first kappa shape index (κ1) is 12.7. The third kappa shape index (κ3) is 2.49. The number of aryl methyl sites for hydroxylation is 1. The molecule has 3 aromatic rings. The molecule has 104 valence electrons. The summed E-state index contributed by atoms with van der Waals surface area (Å²) >= 11 is 0. The number of aromatic nitrogens is 5. The number of fused-ring (bicyclic) bond motifs is 1. The number of hydrogen-bond acceptors (Lipinski definition) is 4. The van der Waals surface area contributed by atoms with E-state index in [1.54, 1.807) is 0 Å². The van der Waals surface area contributed by atoms with Crippen LogP contribution in [0.2, 0.25) is 0 Å². The van der Waals surface area contributed by atoms with E-state index < -0.39 is 0 Å². The van der Waals surface area contributed by atoms with Crippen molar-refractivity contribution in [2.45, 2.75) is 33.4 Å². The van der Waals surface area contributed by atoms with Gasteiger partial charge in [-0.25, -0.2) is 9.50 Å². The van der Waals surface area contributed by atoms with Gasteiger partial charge in [0.2, 0.25) is 0 Å². The van der Waals surface area contributed by atoms with Gasteiger partial charge < -0.3 is 5.32 Å². The molecular formula is C14H18N6. The van der Waals surface area contributed by atoms with Crippen molar-refractivity contribution >= 4 is 11.3 Å². The molecule has 0 saturated carbocycles. The maximum absolute atomic E-state index is 4.39. The van der Waals surface area contributed by atoms with Gasteiger partial charge in [-0.3, -0.25) is 4.68 Å². The van der Waals surface area contributed by atoms with Crippen molar-refractivity contribution in [3.05, 3.63) is 42.1 Å². The van der Waals surface area contributed by atoms with Crippen molar-refractivity contribution < 1.29 is 0 Å². The molecule has 0 unspecified atom stereocenters. The van der Waals surface area contributed by atoms with Crippen molar-refractivity contribution in [1.29, 1.82) is 0 Å². The third-order valence-electron chi connectivity index (χ3n) is 3.12. The first-order chi connectivity index (χ1) is 9.61. The minimum Gasteiger partial charge on any atom is -0.378 e. The van der Waals surface area contributed by atoms with Crippen LogP contribution >= 0.6 is 0 Å². The minimum absolute atomic E-state index is 0.371. The Balaban J connectivity index is 1.72. The molecule has 6 heteroatoms. The van der Waals surface area contributed by atoms with Gasteiger partial charge in [0.05, 0.1) is 17.6 Å². The molecule has 0 fully saturated rings. The van der Waals surface area contributed by atoms with Gasteiger partial charge in [0.25, 0.3) is 0 Å². The molecule has 0 saturated heterocycles. The SMILES string of the molecule is Cc1cc2ncc(CNc3cnn(C(C)C)c3)cn2n1. The molecule has 6 nitrogen and oxygen atoms in total. The van der Waals surface area contributed by atoms with Crippen LogP contribution in [0, 0.1) is 6.92 Å². The smallest absolute Gasteiger partial charge is 0.155 e. The highest BCUT2D eigenvalue weighted by atomic mass is 15.3. The van der Waals surface area contributed by atoms with Crippen LogP contribution in [0.1, 0.15) is 31.1 Å². The molecule has 0 amide bonds. The lowest BCUT2D eigenvalue weighted by Crippen LogP contribution is -2.02. The summed E-state index contributed by atoms with van der Waals surface area (Å²) in [6.07, 6.45) is 7.71. The summed E-state index contributed by atoms with van der Waals surface area (Å²) < 4.78 is 3.74. The van der Waals surface area contributed by atoms with Gasteiger partial charge in [0.1, 0.15) is 0 Å². The molecule has 0 radical (unpaired) electrons. The Kier molecular flexibility index (Phi) is 3.14. The number of anilines is 1. The van der Waals surface area contributed by atoms with Gasteiger partial charge in [-0.1, -0.05) is 0 Å². The van der Waals surface area contributed by atoms with Crippen molar-refractivity contribution in [2.24, 2.45) is 0 Å². The summed E-state index contributed by atoms with van der Waals surface area (Å²) in [5.74, 6) is 0. The molecular weight excluding hydrogens is 252 g/mol. The Morgan fingerprint density at radius 1 is 1.25 bits per heavy atom. The molecule has 0 aromatic carbocycles. The maximum atomic E-state index is 4.39. The molecule has 3 heterocycles. The predicted octanol–water partition coefficient (Wildman–Crippen LogP) is 2.43. The van der Waals surface area contributed by atoms with Gasteiger partial charge in [-0.2, -0.15) is 10.2 Å². The first-order valence-electron chi connectivity index (χ1n) is 6.71. The Hall–Kier alpha value is -2.37. The van der Waals surface area contributed by atoms with Gasteiger partial charge in [0, 0.05) is 42.8 Å². The maximum Gasteiger partial charge on any atom is 0.155 e. The standard InChI is InChI=1S/C14H18N6/c1-10(2)19-9-13(7-17-19)15-5-12-6-16-14-4-11(3)18-20(14)8-12/h4,6-10,15H,5H2,1-3H3. The van der Waals surface area contributed by atoms with E-state index in [-0.39, 0.29) is 0 Å². The zero-order valence-electron chi connectivity index (χ0n) is 11.9. The molecule has 1 N–H and O–H groups in total. The lowest BCUT2D eigenvalue weighted by molar-refractivity contribution is 0.532. The normalized spacial score (nSPS) is 11.4. The molecule has 0 aliphatic heterocycles. The first-order valence-corrected chi connectivity index (χ1v) is 6.71. The van der Waals surface area contributed by atoms with Gasteiger partial charge >= 0.3 is 0 Å². The zero-order chi connectivity index (χ0) is 14.1. The van der Waals surface area contributed by atoms with Crippen LogP contribution in [0.3, 0.4) is 0 Å². The summed E-state index contributed by atoms with van der Waals surface area (Å²) in [5.41, 5.74) is 3.94. The highest BCUT2D eigenvalue weighted by Gasteiger charge is 2.03. The van der Waals surface area contributed by atoms with Crippen LogP contribution in [-0.4, -0.2) is 24.4 Å². The minimum atomic E-state index is 0.371. The number of nitrogens with zero attached hydrogens (tertiary/aromatic N) is 5. The Morgan fingerprint density at radius 2 is 2.10 bits per heavy atom. The summed E-state index contributed by atoms with van der Waals surface area (Å²) in [5, 5.41) is 12.0. The van der Waals surface area contributed by atoms with E-state index in [1.165, 1.54) is 0 Å². The van der Waals surface area contributed by atoms with Crippen molar-refractivity contribution in [1.82, 2.24) is 24.4 Å². The van der Waals surface area contributed by atoms with Crippen LogP contribution in [0.25, 0.3) is 5.65 Å². The fourth-order valence-electron chi connectivity index (χ4n) is 2.04. The molecule has 0 atom stereocenters. The Labute approximate surface area is 117 Å². The van der Waals surface area contributed by atoms with E-state index in [1.807, 2.05) is 47.0 Å².